The Bertz CT molecular complexity index is 520. The number of halogens is 1. The lowest BCUT2D eigenvalue weighted by Crippen LogP contribution is -2.27. The van der Waals surface area contributed by atoms with Crippen molar-refractivity contribution in [1.82, 2.24) is 15.1 Å². The highest BCUT2D eigenvalue weighted by Gasteiger charge is 2.05. The van der Waals surface area contributed by atoms with E-state index in [2.05, 4.69) is 10.4 Å². The summed E-state index contributed by atoms with van der Waals surface area (Å²) < 4.78 is 1.51. The summed E-state index contributed by atoms with van der Waals surface area (Å²) in [6.07, 6.45) is 3.13. The van der Waals surface area contributed by atoms with Crippen molar-refractivity contribution in [1.29, 1.82) is 0 Å². The van der Waals surface area contributed by atoms with Crippen molar-refractivity contribution in [2.75, 3.05) is 0 Å². The first-order valence-electron chi connectivity index (χ1n) is 5.13. The molecule has 0 bridgehead atoms. The largest absolute Gasteiger partial charge is 0.350 e. The van der Waals surface area contributed by atoms with Gasteiger partial charge < -0.3 is 5.32 Å². The van der Waals surface area contributed by atoms with Gasteiger partial charge >= 0.3 is 0 Å². The van der Waals surface area contributed by atoms with Crippen molar-refractivity contribution in [2.45, 2.75) is 20.0 Å². The number of amides is 1. The van der Waals surface area contributed by atoms with Crippen LogP contribution >= 0.6 is 22.9 Å². The molecule has 1 N–H and O–H groups in total. The van der Waals surface area contributed by atoms with Crippen molar-refractivity contribution in [3.63, 3.8) is 0 Å². The molecular formula is C11H12ClN3OS. The van der Waals surface area contributed by atoms with Crippen molar-refractivity contribution in [3.05, 3.63) is 39.3 Å². The summed E-state index contributed by atoms with van der Waals surface area (Å²) in [5, 5.41) is 9.35. The fraction of sp³-hybridized carbons (Fsp3) is 0.273. The highest BCUT2D eigenvalue weighted by Crippen LogP contribution is 2.14. The van der Waals surface area contributed by atoms with Crippen LogP contribution in [-0.2, 0) is 17.9 Å². The van der Waals surface area contributed by atoms with Gasteiger partial charge in [-0.1, -0.05) is 11.6 Å². The first-order chi connectivity index (χ1) is 8.15. The first-order valence-corrected chi connectivity index (χ1v) is 6.38. The summed E-state index contributed by atoms with van der Waals surface area (Å²) in [5.41, 5.74) is 1.21. The molecule has 90 valence electrons. The van der Waals surface area contributed by atoms with Gasteiger partial charge in [0.1, 0.15) is 6.54 Å². The predicted octanol–water partition coefficient (Wildman–Crippen LogP) is 2.22. The molecule has 0 aromatic carbocycles. The van der Waals surface area contributed by atoms with Crippen molar-refractivity contribution in [2.24, 2.45) is 0 Å². The number of hydrogen-bond acceptors (Lipinski definition) is 3. The van der Waals surface area contributed by atoms with E-state index in [9.17, 15) is 4.79 Å². The number of carbonyl (C=O) groups is 1. The lowest BCUT2D eigenvalue weighted by molar-refractivity contribution is -0.122. The van der Waals surface area contributed by atoms with Gasteiger partial charge in [0, 0.05) is 11.1 Å². The van der Waals surface area contributed by atoms with Crippen LogP contribution in [-0.4, -0.2) is 15.7 Å². The monoisotopic (exact) mass is 269 g/mol. The minimum Gasteiger partial charge on any atom is -0.350 e. The van der Waals surface area contributed by atoms with Crippen LogP contribution in [0.15, 0.2) is 23.8 Å². The molecule has 0 fully saturated rings. The van der Waals surface area contributed by atoms with Crippen LogP contribution in [0.3, 0.4) is 0 Å². The molecule has 0 aliphatic rings. The second-order valence-corrected chi connectivity index (χ2v) is 5.10. The zero-order valence-corrected chi connectivity index (χ0v) is 10.9. The van der Waals surface area contributed by atoms with Gasteiger partial charge in [0.25, 0.3) is 0 Å². The van der Waals surface area contributed by atoms with Crippen LogP contribution in [0.4, 0.5) is 0 Å². The fourth-order valence-corrected chi connectivity index (χ4v) is 2.39. The minimum absolute atomic E-state index is 0.0717. The van der Waals surface area contributed by atoms with Crippen molar-refractivity contribution >= 4 is 28.8 Å². The quantitative estimate of drug-likeness (QED) is 0.925. The molecule has 4 nitrogen and oxygen atoms in total. The van der Waals surface area contributed by atoms with Crippen LogP contribution in [0.2, 0.25) is 5.02 Å². The molecule has 0 atom stereocenters. The Morgan fingerprint density at radius 2 is 2.47 bits per heavy atom. The Kier molecular flexibility index (Phi) is 3.81. The van der Waals surface area contributed by atoms with E-state index in [0.717, 1.165) is 0 Å². The molecule has 0 saturated heterocycles. The van der Waals surface area contributed by atoms with E-state index < -0.39 is 0 Å². The van der Waals surface area contributed by atoms with E-state index in [1.165, 1.54) is 21.3 Å². The maximum Gasteiger partial charge on any atom is 0.242 e. The van der Waals surface area contributed by atoms with E-state index >= 15 is 0 Å². The third kappa shape index (κ3) is 3.31. The average molecular weight is 270 g/mol. The third-order valence-corrected chi connectivity index (χ3v) is 3.54. The molecule has 0 aliphatic heterocycles. The maximum absolute atomic E-state index is 11.6. The Balaban J connectivity index is 1.84. The Morgan fingerprint density at radius 1 is 1.65 bits per heavy atom. The third-order valence-electron chi connectivity index (χ3n) is 2.32. The molecule has 0 spiro atoms. The maximum atomic E-state index is 11.6. The Labute approximate surface area is 108 Å². The average Bonchev–Trinajstić information content (AvgIpc) is 2.85. The molecule has 0 unspecified atom stereocenters. The summed E-state index contributed by atoms with van der Waals surface area (Å²) >= 11 is 7.35. The summed E-state index contributed by atoms with van der Waals surface area (Å²) in [6.45, 7) is 2.79. The first kappa shape index (κ1) is 12.1. The van der Waals surface area contributed by atoms with Gasteiger partial charge in [-0.25, -0.2) is 0 Å². The number of thiophene rings is 1. The summed E-state index contributed by atoms with van der Waals surface area (Å²) in [6, 6.07) is 2.04. The topological polar surface area (TPSA) is 46.9 Å². The van der Waals surface area contributed by atoms with E-state index in [-0.39, 0.29) is 12.5 Å². The van der Waals surface area contributed by atoms with Crippen molar-refractivity contribution in [3.8, 4) is 0 Å². The number of aromatic nitrogens is 2. The molecule has 0 radical (unpaired) electrons. The zero-order valence-electron chi connectivity index (χ0n) is 9.31. The van der Waals surface area contributed by atoms with Crippen molar-refractivity contribution < 1.29 is 4.79 Å². The van der Waals surface area contributed by atoms with Crippen LogP contribution in [0.1, 0.15) is 10.4 Å². The van der Waals surface area contributed by atoms with E-state index in [4.69, 9.17) is 11.6 Å². The number of nitrogens with zero attached hydrogens (tertiary/aromatic N) is 2. The van der Waals surface area contributed by atoms with E-state index in [0.29, 0.717) is 11.6 Å². The minimum atomic E-state index is -0.0717. The van der Waals surface area contributed by atoms with Gasteiger partial charge in [-0.3, -0.25) is 9.48 Å². The molecule has 17 heavy (non-hydrogen) atoms. The smallest absolute Gasteiger partial charge is 0.242 e. The summed E-state index contributed by atoms with van der Waals surface area (Å²) in [7, 11) is 0. The van der Waals surface area contributed by atoms with Gasteiger partial charge in [-0.05, 0) is 23.9 Å². The lowest BCUT2D eigenvalue weighted by atomic mass is 10.3. The standard InChI is InChI=1S/C11H12ClN3OS/c1-8-2-3-17-10(8)5-13-11(16)7-15-6-9(12)4-14-15/h2-4,6H,5,7H2,1H3,(H,13,16). The normalized spacial score (nSPS) is 10.5. The summed E-state index contributed by atoms with van der Waals surface area (Å²) in [4.78, 5) is 12.8. The van der Waals surface area contributed by atoms with Crippen LogP contribution in [0.5, 0.6) is 0 Å². The molecule has 6 heteroatoms. The molecular weight excluding hydrogens is 258 g/mol. The molecule has 2 heterocycles. The number of nitrogens with one attached hydrogen (secondary N) is 1. The van der Waals surface area contributed by atoms with E-state index in [1.54, 1.807) is 17.5 Å². The molecule has 0 saturated carbocycles. The number of carbonyl (C=O) groups excluding carboxylic acids is 1. The van der Waals surface area contributed by atoms with Gasteiger partial charge in [-0.15, -0.1) is 11.3 Å². The van der Waals surface area contributed by atoms with Gasteiger partial charge in [-0.2, -0.15) is 5.10 Å². The van der Waals surface area contributed by atoms with Crippen LogP contribution < -0.4 is 5.32 Å². The number of aryl methyl sites for hydroxylation is 1. The van der Waals surface area contributed by atoms with Gasteiger partial charge in [0.05, 0.1) is 17.8 Å². The molecule has 0 aliphatic carbocycles. The Hall–Kier alpha value is -1.33. The summed E-state index contributed by atoms with van der Waals surface area (Å²) in [5.74, 6) is -0.0717. The van der Waals surface area contributed by atoms with Gasteiger partial charge in [0.15, 0.2) is 0 Å². The second-order valence-electron chi connectivity index (χ2n) is 3.66. The molecule has 1 amide bonds. The molecule has 2 aromatic rings. The molecule has 2 aromatic heterocycles. The highest BCUT2D eigenvalue weighted by molar-refractivity contribution is 7.10. The SMILES string of the molecule is Cc1ccsc1CNC(=O)Cn1cc(Cl)cn1. The zero-order chi connectivity index (χ0) is 12.3. The second kappa shape index (κ2) is 5.33. The number of rotatable bonds is 4. The number of hydrogen-bond donors (Lipinski definition) is 1. The van der Waals surface area contributed by atoms with Gasteiger partial charge in [0.2, 0.25) is 5.91 Å². The fourth-order valence-electron chi connectivity index (χ4n) is 1.39. The van der Waals surface area contributed by atoms with E-state index in [1.807, 2.05) is 18.4 Å². The lowest BCUT2D eigenvalue weighted by Gasteiger charge is -2.04. The van der Waals surface area contributed by atoms with Crippen LogP contribution in [0.25, 0.3) is 0 Å². The predicted molar refractivity (Wildman–Crippen MR) is 68.1 cm³/mol. The van der Waals surface area contributed by atoms with Crippen LogP contribution in [0, 0.1) is 6.92 Å². The Morgan fingerprint density at radius 3 is 3.06 bits per heavy atom. The highest BCUT2D eigenvalue weighted by atomic mass is 35.5. The molecule has 2 rings (SSSR count).